The summed E-state index contributed by atoms with van der Waals surface area (Å²) in [4.78, 5) is 12.9. The predicted octanol–water partition coefficient (Wildman–Crippen LogP) is 1.76. The van der Waals surface area contributed by atoms with Gasteiger partial charge in [-0.1, -0.05) is 24.3 Å². The van der Waals surface area contributed by atoms with Gasteiger partial charge in [0, 0.05) is 19.6 Å². The monoisotopic (exact) mass is 203 g/mol. The molecule has 0 saturated carbocycles. The van der Waals surface area contributed by atoms with Crippen LogP contribution in [-0.4, -0.2) is 29.1 Å². The van der Waals surface area contributed by atoms with Crippen LogP contribution in [0.15, 0.2) is 36.4 Å². The molecule has 1 heterocycles. The van der Waals surface area contributed by atoms with Crippen LogP contribution >= 0.6 is 0 Å². The molecule has 1 aromatic rings. The van der Waals surface area contributed by atoms with Crippen molar-refractivity contribution in [1.82, 2.24) is 4.90 Å². The van der Waals surface area contributed by atoms with Crippen molar-refractivity contribution in [2.75, 3.05) is 13.1 Å². The van der Waals surface area contributed by atoms with Gasteiger partial charge in [0.2, 0.25) is 0 Å². The summed E-state index contributed by atoms with van der Waals surface area (Å²) in [5.41, 5.74) is 1.50. The highest BCUT2D eigenvalue weighted by molar-refractivity contribution is 5.87. The Morgan fingerprint density at radius 3 is 2.33 bits per heavy atom. The number of carboxylic acid groups (broad SMARTS) is 1. The molecule has 2 rings (SSSR count). The number of aromatic carboxylic acids is 1. The van der Waals surface area contributed by atoms with Crippen molar-refractivity contribution >= 4 is 5.97 Å². The molecule has 0 atom stereocenters. The van der Waals surface area contributed by atoms with Crippen LogP contribution < -0.4 is 0 Å². The number of carbonyl (C=O) groups is 1. The summed E-state index contributed by atoms with van der Waals surface area (Å²) in [5, 5.41) is 8.74. The Balaban J connectivity index is 2.00. The largest absolute Gasteiger partial charge is 0.478 e. The Morgan fingerprint density at radius 2 is 1.80 bits per heavy atom. The summed E-state index contributed by atoms with van der Waals surface area (Å²) < 4.78 is 0. The average Bonchev–Trinajstić information content (AvgIpc) is 2.71. The zero-order valence-corrected chi connectivity index (χ0v) is 8.39. The van der Waals surface area contributed by atoms with E-state index in [1.54, 1.807) is 12.1 Å². The Labute approximate surface area is 88.6 Å². The van der Waals surface area contributed by atoms with Crippen molar-refractivity contribution < 1.29 is 9.90 Å². The molecule has 1 aromatic carbocycles. The number of carboxylic acids is 1. The zero-order valence-electron chi connectivity index (χ0n) is 8.39. The molecule has 0 radical (unpaired) electrons. The standard InChI is InChI=1S/C12H13NO2/c14-12(15)11-5-3-10(4-6-11)9-13-7-1-2-8-13/h1-6H,7-9H2,(H,14,15). The fourth-order valence-electron chi connectivity index (χ4n) is 1.66. The molecule has 1 N–H and O–H groups in total. The number of hydrogen-bond donors (Lipinski definition) is 1. The zero-order chi connectivity index (χ0) is 10.7. The molecule has 78 valence electrons. The van der Waals surface area contributed by atoms with E-state index in [-0.39, 0.29) is 0 Å². The van der Waals surface area contributed by atoms with Crippen LogP contribution in [0.2, 0.25) is 0 Å². The molecule has 0 aromatic heterocycles. The van der Waals surface area contributed by atoms with Gasteiger partial charge in [-0.2, -0.15) is 0 Å². The molecule has 1 aliphatic heterocycles. The van der Waals surface area contributed by atoms with Crippen molar-refractivity contribution in [3.63, 3.8) is 0 Å². The first-order valence-electron chi connectivity index (χ1n) is 4.95. The van der Waals surface area contributed by atoms with E-state index in [2.05, 4.69) is 17.1 Å². The first-order chi connectivity index (χ1) is 7.25. The van der Waals surface area contributed by atoms with E-state index in [9.17, 15) is 4.79 Å². The Bertz CT molecular complexity index is 373. The highest BCUT2D eigenvalue weighted by Gasteiger charge is 2.07. The van der Waals surface area contributed by atoms with Crippen LogP contribution in [0.4, 0.5) is 0 Å². The molecule has 0 saturated heterocycles. The maximum absolute atomic E-state index is 10.6. The van der Waals surface area contributed by atoms with Crippen LogP contribution in [0.3, 0.4) is 0 Å². The van der Waals surface area contributed by atoms with Crippen molar-refractivity contribution in [2.45, 2.75) is 6.54 Å². The molecule has 15 heavy (non-hydrogen) atoms. The average molecular weight is 203 g/mol. The lowest BCUT2D eigenvalue weighted by Crippen LogP contribution is -2.19. The topological polar surface area (TPSA) is 40.5 Å². The first kappa shape index (κ1) is 9.93. The normalized spacial score (nSPS) is 15.7. The molecule has 0 aliphatic carbocycles. The van der Waals surface area contributed by atoms with Crippen LogP contribution in [0.5, 0.6) is 0 Å². The highest BCUT2D eigenvalue weighted by atomic mass is 16.4. The summed E-state index contributed by atoms with van der Waals surface area (Å²) in [5.74, 6) is -0.871. The lowest BCUT2D eigenvalue weighted by molar-refractivity contribution is 0.0697. The summed E-state index contributed by atoms with van der Waals surface area (Å²) in [7, 11) is 0. The van der Waals surface area contributed by atoms with Gasteiger partial charge in [0.05, 0.1) is 5.56 Å². The maximum atomic E-state index is 10.6. The number of rotatable bonds is 3. The third-order valence-corrected chi connectivity index (χ3v) is 2.50. The summed E-state index contributed by atoms with van der Waals surface area (Å²) in [6, 6.07) is 7.06. The van der Waals surface area contributed by atoms with Gasteiger partial charge in [0.1, 0.15) is 0 Å². The Kier molecular flexibility index (Phi) is 2.83. The van der Waals surface area contributed by atoms with Gasteiger partial charge in [0.25, 0.3) is 0 Å². The van der Waals surface area contributed by atoms with Crippen LogP contribution in [0.25, 0.3) is 0 Å². The van der Waals surface area contributed by atoms with E-state index in [0.29, 0.717) is 5.56 Å². The second-order valence-electron chi connectivity index (χ2n) is 3.67. The lowest BCUT2D eigenvalue weighted by atomic mass is 10.1. The van der Waals surface area contributed by atoms with Crippen molar-refractivity contribution in [1.29, 1.82) is 0 Å². The molecule has 0 amide bonds. The molecular weight excluding hydrogens is 190 g/mol. The Morgan fingerprint density at radius 1 is 1.20 bits per heavy atom. The molecule has 0 bridgehead atoms. The van der Waals surface area contributed by atoms with Crippen molar-refractivity contribution in [2.24, 2.45) is 0 Å². The second kappa shape index (κ2) is 4.28. The van der Waals surface area contributed by atoms with Gasteiger partial charge in [-0.15, -0.1) is 0 Å². The van der Waals surface area contributed by atoms with E-state index in [4.69, 9.17) is 5.11 Å². The number of benzene rings is 1. The molecule has 3 heteroatoms. The summed E-state index contributed by atoms with van der Waals surface area (Å²) in [6.07, 6.45) is 4.29. The minimum absolute atomic E-state index is 0.346. The third-order valence-electron chi connectivity index (χ3n) is 2.50. The fourth-order valence-corrected chi connectivity index (χ4v) is 1.66. The van der Waals surface area contributed by atoms with Crippen LogP contribution in [-0.2, 0) is 6.54 Å². The minimum atomic E-state index is -0.871. The summed E-state index contributed by atoms with van der Waals surface area (Å²) >= 11 is 0. The van der Waals surface area contributed by atoms with E-state index < -0.39 is 5.97 Å². The smallest absolute Gasteiger partial charge is 0.335 e. The second-order valence-corrected chi connectivity index (χ2v) is 3.67. The molecule has 1 aliphatic rings. The van der Waals surface area contributed by atoms with Gasteiger partial charge in [0.15, 0.2) is 0 Å². The van der Waals surface area contributed by atoms with E-state index >= 15 is 0 Å². The predicted molar refractivity (Wildman–Crippen MR) is 57.8 cm³/mol. The lowest BCUT2D eigenvalue weighted by Gasteiger charge is -2.14. The highest BCUT2D eigenvalue weighted by Crippen LogP contribution is 2.09. The van der Waals surface area contributed by atoms with Crippen molar-refractivity contribution in [3.8, 4) is 0 Å². The van der Waals surface area contributed by atoms with E-state index in [1.807, 2.05) is 12.1 Å². The van der Waals surface area contributed by atoms with Crippen LogP contribution in [0, 0.1) is 0 Å². The summed E-state index contributed by atoms with van der Waals surface area (Å²) in [6.45, 7) is 2.86. The molecule has 0 fully saturated rings. The van der Waals surface area contributed by atoms with Gasteiger partial charge < -0.3 is 5.11 Å². The van der Waals surface area contributed by atoms with Gasteiger partial charge in [-0.3, -0.25) is 4.90 Å². The minimum Gasteiger partial charge on any atom is -0.478 e. The van der Waals surface area contributed by atoms with Crippen LogP contribution in [0.1, 0.15) is 15.9 Å². The number of nitrogens with zero attached hydrogens (tertiary/aromatic N) is 1. The Hall–Kier alpha value is -1.61. The molecular formula is C12H13NO2. The number of hydrogen-bond acceptors (Lipinski definition) is 2. The third kappa shape index (κ3) is 2.44. The fraction of sp³-hybridized carbons (Fsp3) is 0.250. The molecule has 0 unspecified atom stereocenters. The van der Waals surface area contributed by atoms with E-state index in [1.165, 1.54) is 0 Å². The quantitative estimate of drug-likeness (QED) is 0.761. The molecule has 3 nitrogen and oxygen atoms in total. The van der Waals surface area contributed by atoms with Gasteiger partial charge in [-0.25, -0.2) is 4.79 Å². The van der Waals surface area contributed by atoms with Gasteiger partial charge in [-0.05, 0) is 17.7 Å². The SMILES string of the molecule is O=C(O)c1ccc(CN2CC=CC2)cc1. The maximum Gasteiger partial charge on any atom is 0.335 e. The van der Waals surface area contributed by atoms with Crippen molar-refractivity contribution in [3.05, 3.63) is 47.5 Å². The van der Waals surface area contributed by atoms with E-state index in [0.717, 1.165) is 25.2 Å². The molecule has 0 spiro atoms. The first-order valence-corrected chi connectivity index (χ1v) is 4.95. The van der Waals surface area contributed by atoms with Gasteiger partial charge >= 0.3 is 5.97 Å².